The molecule has 0 aliphatic heterocycles. The maximum absolute atomic E-state index is 9.29. The van der Waals surface area contributed by atoms with Crippen molar-refractivity contribution in [1.82, 2.24) is 4.57 Å². The average Bonchev–Trinajstić information content (AvgIpc) is 2.58. The van der Waals surface area contributed by atoms with E-state index in [9.17, 15) is 5.11 Å². The van der Waals surface area contributed by atoms with E-state index in [1.165, 1.54) is 5.69 Å². The molecule has 0 aliphatic carbocycles. The van der Waals surface area contributed by atoms with Crippen LogP contribution in [0.3, 0.4) is 0 Å². The molecule has 0 aromatic carbocycles. The van der Waals surface area contributed by atoms with E-state index in [-0.39, 0.29) is 6.61 Å². The molecule has 0 spiro atoms. The highest BCUT2D eigenvalue weighted by molar-refractivity contribution is 5.17. The molecule has 15 heavy (non-hydrogen) atoms. The second-order valence-corrected chi connectivity index (χ2v) is 4.70. The first-order valence-electron chi connectivity index (χ1n) is 5.90. The molecule has 1 atom stereocenters. The van der Waals surface area contributed by atoms with Crippen molar-refractivity contribution in [3.63, 3.8) is 0 Å². The molecule has 2 heteroatoms. The fourth-order valence-corrected chi connectivity index (χ4v) is 2.00. The third-order valence-corrected chi connectivity index (χ3v) is 2.90. The van der Waals surface area contributed by atoms with Crippen LogP contribution in [0.15, 0.2) is 12.1 Å². The van der Waals surface area contributed by atoms with Crippen molar-refractivity contribution in [3.8, 4) is 0 Å². The van der Waals surface area contributed by atoms with Crippen LogP contribution < -0.4 is 0 Å². The lowest BCUT2D eigenvalue weighted by molar-refractivity contribution is 0.265. The summed E-state index contributed by atoms with van der Waals surface area (Å²) >= 11 is 0. The van der Waals surface area contributed by atoms with Crippen molar-refractivity contribution >= 4 is 0 Å². The summed E-state index contributed by atoms with van der Waals surface area (Å²) in [5.41, 5.74) is 2.39. The van der Waals surface area contributed by atoms with Gasteiger partial charge in [-0.05, 0) is 37.8 Å². The van der Waals surface area contributed by atoms with E-state index in [4.69, 9.17) is 0 Å². The average molecular weight is 209 g/mol. The number of rotatable bonds is 5. The largest absolute Gasteiger partial charge is 0.390 e. The summed E-state index contributed by atoms with van der Waals surface area (Å²) in [6.07, 6.45) is 2.19. The molecular weight excluding hydrogens is 186 g/mol. The molecule has 1 N–H and O–H groups in total. The van der Waals surface area contributed by atoms with E-state index in [0.29, 0.717) is 12.0 Å². The number of hydrogen-bond donors (Lipinski definition) is 1. The molecule has 1 aromatic rings. The summed E-state index contributed by atoms with van der Waals surface area (Å²) in [7, 11) is 0. The Balaban J connectivity index is 3.00. The van der Waals surface area contributed by atoms with Crippen LogP contribution in [0.5, 0.6) is 0 Å². The van der Waals surface area contributed by atoms with Gasteiger partial charge in [0.2, 0.25) is 0 Å². The van der Waals surface area contributed by atoms with Gasteiger partial charge in [0.25, 0.3) is 0 Å². The molecule has 1 heterocycles. The molecular formula is C13H23NO. The van der Waals surface area contributed by atoms with Gasteiger partial charge >= 0.3 is 0 Å². The Bertz CT molecular complexity index is 301. The van der Waals surface area contributed by atoms with Crippen LogP contribution in [-0.2, 0) is 13.0 Å². The van der Waals surface area contributed by atoms with Gasteiger partial charge in [0.15, 0.2) is 0 Å². The van der Waals surface area contributed by atoms with Gasteiger partial charge in [0.1, 0.15) is 0 Å². The van der Waals surface area contributed by atoms with Crippen LogP contribution >= 0.6 is 0 Å². The van der Waals surface area contributed by atoms with Crippen LogP contribution in [0.1, 0.15) is 51.5 Å². The zero-order chi connectivity index (χ0) is 11.4. The van der Waals surface area contributed by atoms with Gasteiger partial charge in [-0.2, -0.15) is 0 Å². The van der Waals surface area contributed by atoms with E-state index < -0.39 is 0 Å². The predicted molar refractivity (Wildman–Crippen MR) is 63.9 cm³/mol. The van der Waals surface area contributed by atoms with Crippen LogP contribution in [0.2, 0.25) is 0 Å². The molecule has 2 nitrogen and oxygen atoms in total. The molecule has 1 aromatic heterocycles. The molecule has 0 amide bonds. The minimum atomic E-state index is 0.141. The summed E-state index contributed by atoms with van der Waals surface area (Å²) in [5, 5.41) is 9.29. The smallest absolute Gasteiger partial charge is 0.0833 e. The van der Waals surface area contributed by atoms with Crippen LogP contribution in [0.4, 0.5) is 0 Å². The predicted octanol–water partition coefficient (Wildman–Crippen LogP) is 3.15. The van der Waals surface area contributed by atoms with Gasteiger partial charge < -0.3 is 9.67 Å². The van der Waals surface area contributed by atoms with E-state index in [0.717, 1.165) is 18.5 Å². The molecule has 0 radical (unpaired) electrons. The molecule has 86 valence electrons. The summed E-state index contributed by atoms with van der Waals surface area (Å²) < 4.78 is 2.29. The summed E-state index contributed by atoms with van der Waals surface area (Å²) in [5.74, 6) is 0.661. The molecule has 0 fully saturated rings. The monoisotopic (exact) mass is 209 g/mol. The first kappa shape index (κ1) is 12.3. The maximum atomic E-state index is 9.29. The summed E-state index contributed by atoms with van der Waals surface area (Å²) in [4.78, 5) is 0. The third-order valence-electron chi connectivity index (χ3n) is 2.90. The number of nitrogens with zero attached hydrogens (tertiary/aromatic N) is 1. The normalized spacial score (nSPS) is 13.5. The molecule has 0 saturated heterocycles. The highest BCUT2D eigenvalue weighted by atomic mass is 16.3. The highest BCUT2D eigenvalue weighted by Crippen LogP contribution is 2.21. The van der Waals surface area contributed by atoms with Crippen molar-refractivity contribution in [2.75, 3.05) is 0 Å². The lowest BCUT2D eigenvalue weighted by Gasteiger charge is -2.19. The Labute approximate surface area is 92.9 Å². The summed E-state index contributed by atoms with van der Waals surface area (Å²) in [6.45, 7) is 9.00. The zero-order valence-corrected chi connectivity index (χ0v) is 10.3. The molecule has 0 unspecified atom stereocenters. The van der Waals surface area contributed by atoms with E-state index in [1.54, 1.807) is 0 Å². The highest BCUT2D eigenvalue weighted by Gasteiger charge is 2.12. The van der Waals surface area contributed by atoms with Crippen molar-refractivity contribution in [1.29, 1.82) is 0 Å². The van der Waals surface area contributed by atoms with E-state index in [2.05, 4.69) is 38.3 Å². The van der Waals surface area contributed by atoms with Gasteiger partial charge in [0, 0.05) is 17.4 Å². The van der Waals surface area contributed by atoms with Gasteiger partial charge in [0.05, 0.1) is 6.61 Å². The van der Waals surface area contributed by atoms with Gasteiger partial charge in [-0.1, -0.05) is 20.8 Å². The Hall–Kier alpha value is -0.760. The fourth-order valence-electron chi connectivity index (χ4n) is 2.00. The number of aliphatic hydroxyl groups excluding tert-OH is 1. The van der Waals surface area contributed by atoms with Crippen molar-refractivity contribution in [2.24, 2.45) is 5.92 Å². The summed E-state index contributed by atoms with van der Waals surface area (Å²) in [6, 6.07) is 4.68. The van der Waals surface area contributed by atoms with Gasteiger partial charge in [-0.25, -0.2) is 0 Å². The standard InChI is InChI=1S/C13H23NO/c1-5-11(4)14-12(8-10(2)3)6-7-13(14)9-15/h6-7,10-11,15H,5,8-9H2,1-4H3/t11-/m0/s1. The van der Waals surface area contributed by atoms with Crippen LogP contribution in [0.25, 0.3) is 0 Å². The van der Waals surface area contributed by atoms with E-state index in [1.807, 2.05) is 6.07 Å². The van der Waals surface area contributed by atoms with Crippen LogP contribution in [-0.4, -0.2) is 9.67 Å². The van der Waals surface area contributed by atoms with Crippen molar-refractivity contribution < 1.29 is 5.11 Å². The number of aromatic nitrogens is 1. The quantitative estimate of drug-likeness (QED) is 0.791. The van der Waals surface area contributed by atoms with Crippen molar-refractivity contribution in [2.45, 2.75) is 53.2 Å². The maximum Gasteiger partial charge on any atom is 0.0833 e. The number of hydrogen-bond acceptors (Lipinski definition) is 1. The van der Waals surface area contributed by atoms with Gasteiger partial charge in [-0.3, -0.25) is 0 Å². The Kier molecular flexibility index (Phi) is 4.40. The molecule has 0 saturated carbocycles. The minimum Gasteiger partial charge on any atom is -0.390 e. The van der Waals surface area contributed by atoms with E-state index >= 15 is 0 Å². The SMILES string of the molecule is CC[C@H](C)n1c(CO)ccc1CC(C)C. The topological polar surface area (TPSA) is 25.2 Å². The Morgan fingerprint density at radius 3 is 2.27 bits per heavy atom. The molecule has 1 rings (SSSR count). The first-order chi connectivity index (χ1) is 7.10. The zero-order valence-electron chi connectivity index (χ0n) is 10.3. The van der Waals surface area contributed by atoms with Crippen LogP contribution in [0, 0.1) is 5.92 Å². The third kappa shape index (κ3) is 2.85. The van der Waals surface area contributed by atoms with Gasteiger partial charge in [-0.15, -0.1) is 0 Å². The minimum absolute atomic E-state index is 0.141. The fraction of sp³-hybridized carbons (Fsp3) is 0.692. The second kappa shape index (κ2) is 5.36. The Morgan fingerprint density at radius 2 is 1.80 bits per heavy atom. The number of aliphatic hydroxyl groups is 1. The van der Waals surface area contributed by atoms with Crippen molar-refractivity contribution in [3.05, 3.63) is 23.5 Å². The molecule has 0 aliphatic rings. The Morgan fingerprint density at radius 1 is 1.20 bits per heavy atom. The lowest BCUT2D eigenvalue weighted by Crippen LogP contribution is -2.12. The lowest BCUT2D eigenvalue weighted by atomic mass is 10.1. The molecule has 0 bridgehead atoms. The second-order valence-electron chi connectivity index (χ2n) is 4.70. The first-order valence-corrected chi connectivity index (χ1v) is 5.90.